The van der Waals surface area contributed by atoms with Gasteiger partial charge in [-0.25, -0.2) is 4.98 Å². The van der Waals surface area contributed by atoms with E-state index in [0.717, 1.165) is 38.3 Å². The van der Waals surface area contributed by atoms with Crippen molar-refractivity contribution in [3.05, 3.63) is 29.6 Å². The zero-order valence-corrected chi connectivity index (χ0v) is 10.8. The highest BCUT2D eigenvalue weighted by Gasteiger charge is 2.34. The number of H-pyrrole nitrogens is 1. The van der Waals surface area contributed by atoms with Gasteiger partial charge in [0.1, 0.15) is 0 Å². The fourth-order valence-electron chi connectivity index (χ4n) is 2.42. The molecule has 1 aromatic heterocycles. The van der Waals surface area contributed by atoms with Gasteiger partial charge in [-0.15, -0.1) is 0 Å². The Balaban J connectivity index is 1.82. The fourth-order valence-corrected chi connectivity index (χ4v) is 2.42. The number of imidazole rings is 1. The van der Waals surface area contributed by atoms with Gasteiger partial charge in [-0.1, -0.05) is 6.07 Å². The van der Waals surface area contributed by atoms with Gasteiger partial charge in [0.15, 0.2) is 0 Å². The smallest absolute Gasteiger partial charge is 0.334 e. The number of alkyl halides is 3. The van der Waals surface area contributed by atoms with Crippen molar-refractivity contribution in [1.29, 1.82) is 0 Å². The molecule has 0 atom stereocenters. The molecule has 7 heteroatoms. The van der Waals surface area contributed by atoms with E-state index in [1.54, 1.807) is 12.1 Å². The molecule has 1 aliphatic heterocycles. The van der Waals surface area contributed by atoms with Crippen LogP contribution in [0.2, 0.25) is 0 Å². The molecule has 4 nitrogen and oxygen atoms in total. The van der Waals surface area contributed by atoms with Crippen LogP contribution in [0.5, 0.6) is 0 Å². The Labute approximate surface area is 114 Å². The molecule has 0 spiro atoms. The van der Waals surface area contributed by atoms with Crippen LogP contribution < -0.4 is 5.32 Å². The summed E-state index contributed by atoms with van der Waals surface area (Å²) in [5, 5.41) is 3.27. The van der Waals surface area contributed by atoms with Crippen molar-refractivity contribution in [3.8, 4) is 0 Å². The first-order chi connectivity index (χ1) is 9.52. The normalized spacial score (nSPS) is 17.8. The van der Waals surface area contributed by atoms with Crippen LogP contribution in [-0.4, -0.2) is 41.0 Å². The lowest BCUT2D eigenvalue weighted by Gasteiger charge is -2.27. The molecule has 0 radical (unpaired) electrons. The number of hydrogen-bond donors (Lipinski definition) is 2. The Hall–Kier alpha value is -1.60. The number of benzene rings is 1. The summed E-state index contributed by atoms with van der Waals surface area (Å²) in [4.78, 5) is 8.19. The van der Waals surface area contributed by atoms with Crippen LogP contribution >= 0.6 is 0 Å². The monoisotopic (exact) mass is 284 g/mol. The van der Waals surface area contributed by atoms with Crippen molar-refractivity contribution >= 4 is 11.0 Å². The third-order valence-corrected chi connectivity index (χ3v) is 3.43. The predicted octanol–water partition coefficient (Wildman–Crippen LogP) is 1.99. The minimum absolute atomic E-state index is 0.349. The SMILES string of the molecule is FC(F)(F)c1nc2ccc(CN3CCNCC3)cc2[nH]1. The van der Waals surface area contributed by atoms with Crippen molar-refractivity contribution in [1.82, 2.24) is 20.2 Å². The summed E-state index contributed by atoms with van der Waals surface area (Å²) in [7, 11) is 0. The third-order valence-electron chi connectivity index (χ3n) is 3.43. The summed E-state index contributed by atoms with van der Waals surface area (Å²) in [5.41, 5.74) is 1.78. The quantitative estimate of drug-likeness (QED) is 0.886. The first kappa shape index (κ1) is 13.4. The maximum absolute atomic E-state index is 12.6. The zero-order chi connectivity index (χ0) is 14.2. The van der Waals surface area contributed by atoms with Gasteiger partial charge in [0, 0.05) is 32.7 Å². The van der Waals surface area contributed by atoms with Gasteiger partial charge in [-0.2, -0.15) is 13.2 Å². The summed E-state index contributed by atoms with van der Waals surface area (Å²) in [6.45, 7) is 4.55. The molecule has 0 amide bonds. The molecule has 1 fully saturated rings. The minimum atomic E-state index is -4.43. The number of aromatic amines is 1. The van der Waals surface area contributed by atoms with Gasteiger partial charge in [0.05, 0.1) is 11.0 Å². The van der Waals surface area contributed by atoms with E-state index in [2.05, 4.69) is 20.2 Å². The largest absolute Gasteiger partial charge is 0.449 e. The van der Waals surface area contributed by atoms with Crippen LogP contribution in [0, 0.1) is 0 Å². The van der Waals surface area contributed by atoms with Crippen molar-refractivity contribution in [2.24, 2.45) is 0 Å². The number of aromatic nitrogens is 2. The molecule has 20 heavy (non-hydrogen) atoms. The molecule has 2 heterocycles. The summed E-state index contributed by atoms with van der Waals surface area (Å²) in [6.07, 6.45) is -4.43. The van der Waals surface area contributed by atoms with E-state index in [1.807, 2.05) is 6.07 Å². The summed E-state index contributed by atoms with van der Waals surface area (Å²) in [6, 6.07) is 5.23. The summed E-state index contributed by atoms with van der Waals surface area (Å²) >= 11 is 0. The predicted molar refractivity (Wildman–Crippen MR) is 69.2 cm³/mol. The van der Waals surface area contributed by atoms with Crippen LogP contribution in [0.15, 0.2) is 18.2 Å². The van der Waals surface area contributed by atoms with E-state index in [0.29, 0.717) is 11.0 Å². The molecule has 2 N–H and O–H groups in total. The van der Waals surface area contributed by atoms with Gasteiger partial charge >= 0.3 is 6.18 Å². The highest BCUT2D eigenvalue weighted by molar-refractivity contribution is 5.76. The molecule has 1 aromatic carbocycles. The second-order valence-electron chi connectivity index (χ2n) is 4.96. The van der Waals surface area contributed by atoms with E-state index in [1.165, 1.54) is 0 Å². The van der Waals surface area contributed by atoms with Crippen LogP contribution in [0.25, 0.3) is 11.0 Å². The number of piperazine rings is 1. The second kappa shape index (κ2) is 5.06. The fraction of sp³-hybridized carbons (Fsp3) is 0.462. The molecule has 3 rings (SSSR count). The van der Waals surface area contributed by atoms with Crippen molar-refractivity contribution < 1.29 is 13.2 Å². The third kappa shape index (κ3) is 2.78. The number of nitrogens with one attached hydrogen (secondary N) is 2. The Bertz CT molecular complexity index is 599. The van der Waals surface area contributed by atoms with Gasteiger partial charge in [0.25, 0.3) is 0 Å². The molecular weight excluding hydrogens is 269 g/mol. The molecule has 0 unspecified atom stereocenters. The van der Waals surface area contributed by atoms with Crippen molar-refractivity contribution in [3.63, 3.8) is 0 Å². The molecule has 108 valence electrons. The first-order valence-electron chi connectivity index (χ1n) is 6.51. The van der Waals surface area contributed by atoms with E-state index < -0.39 is 12.0 Å². The number of rotatable bonds is 2. The Morgan fingerprint density at radius 3 is 2.65 bits per heavy atom. The maximum Gasteiger partial charge on any atom is 0.449 e. The van der Waals surface area contributed by atoms with E-state index in [-0.39, 0.29) is 0 Å². The van der Waals surface area contributed by atoms with Crippen LogP contribution in [-0.2, 0) is 12.7 Å². The van der Waals surface area contributed by atoms with E-state index in [4.69, 9.17) is 0 Å². The number of halogens is 3. The molecule has 0 bridgehead atoms. The highest BCUT2D eigenvalue weighted by atomic mass is 19.4. The van der Waals surface area contributed by atoms with Gasteiger partial charge in [-0.05, 0) is 17.7 Å². The topological polar surface area (TPSA) is 44.0 Å². The molecule has 0 aliphatic carbocycles. The highest BCUT2D eigenvalue weighted by Crippen LogP contribution is 2.28. The van der Waals surface area contributed by atoms with Gasteiger partial charge in [0.2, 0.25) is 5.82 Å². The van der Waals surface area contributed by atoms with Gasteiger partial charge < -0.3 is 10.3 Å². The summed E-state index contributed by atoms with van der Waals surface area (Å²) < 4.78 is 37.8. The van der Waals surface area contributed by atoms with Crippen LogP contribution in [0.1, 0.15) is 11.4 Å². The Kier molecular flexibility index (Phi) is 3.39. The van der Waals surface area contributed by atoms with Crippen molar-refractivity contribution in [2.45, 2.75) is 12.7 Å². The van der Waals surface area contributed by atoms with Gasteiger partial charge in [-0.3, -0.25) is 4.90 Å². The molecule has 1 saturated heterocycles. The standard InChI is InChI=1S/C13H15F3N4/c14-13(15,16)12-18-10-2-1-9(7-11(10)19-12)8-20-5-3-17-4-6-20/h1-2,7,17H,3-6,8H2,(H,18,19). The molecule has 0 saturated carbocycles. The lowest BCUT2D eigenvalue weighted by molar-refractivity contribution is -0.144. The maximum atomic E-state index is 12.6. The van der Waals surface area contributed by atoms with Crippen LogP contribution in [0.4, 0.5) is 13.2 Å². The zero-order valence-electron chi connectivity index (χ0n) is 10.8. The molecular formula is C13H15F3N4. The van der Waals surface area contributed by atoms with Crippen LogP contribution in [0.3, 0.4) is 0 Å². The minimum Gasteiger partial charge on any atom is -0.334 e. The number of fused-ring (bicyclic) bond motifs is 1. The summed E-state index contributed by atoms with van der Waals surface area (Å²) in [5.74, 6) is -0.938. The van der Waals surface area contributed by atoms with Crippen molar-refractivity contribution in [2.75, 3.05) is 26.2 Å². The van der Waals surface area contributed by atoms with E-state index in [9.17, 15) is 13.2 Å². The second-order valence-corrected chi connectivity index (χ2v) is 4.96. The average Bonchev–Trinajstić information content (AvgIpc) is 2.83. The van der Waals surface area contributed by atoms with E-state index >= 15 is 0 Å². The lowest BCUT2D eigenvalue weighted by Crippen LogP contribution is -2.42. The number of nitrogens with zero attached hydrogens (tertiary/aromatic N) is 2. The Morgan fingerprint density at radius 1 is 1.20 bits per heavy atom. The Morgan fingerprint density at radius 2 is 1.95 bits per heavy atom. The molecule has 2 aromatic rings. The first-order valence-corrected chi connectivity index (χ1v) is 6.51. The average molecular weight is 284 g/mol. The number of hydrogen-bond acceptors (Lipinski definition) is 3. The lowest BCUT2D eigenvalue weighted by atomic mass is 10.2. The molecule has 1 aliphatic rings.